The lowest BCUT2D eigenvalue weighted by Crippen LogP contribution is -2.42. The van der Waals surface area contributed by atoms with E-state index in [1.54, 1.807) is 55.9 Å². The number of rotatable bonds is 4. The summed E-state index contributed by atoms with van der Waals surface area (Å²) in [7, 11) is 3.11. The van der Waals surface area contributed by atoms with Crippen molar-refractivity contribution in [3.8, 4) is 11.5 Å². The van der Waals surface area contributed by atoms with Gasteiger partial charge in [0.05, 0.1) is 39.3 Å². The summed E-state index contributed by atoms with van der Waals surface area (Å²) in [5, 5.41) is 0. The maximum Gasteiger partial charge on any atom is 0.254 e. The van der Waals surface area contributed by atoms with Crippen molar-refractivity contribution in [2.24, 2.45) is 0 Å². The van der Waals surface area contributed by atoms with Crippen LogP contribution in [0.15, 0.2) is 36.8 Å². The van der Waals surface area contributed by atoms with E-state index in [0.29, 0.717) is 36.8 Å². The smallest absolute Gasteiger partial charge is 0.254 e. The molecule has 0 aliphatic carbocycles. The minimum atomic E-state index is -0.274. The molecule has 0 radical (unpaired) electrons. The molecule has 24 heavy (non-hydrogen) atoms. The first-order valence-corrected chi connectivity index (χ1v) is 7.61. The van der Waals surface area contributed by atoms with Crippen molar-refractivity contribution in [3.05, 3.63) is 48.0 Å². The summed E-state index contributed by atoms with van der Waals surface area (Å²) in [6.45, 7) is 1.40. The highest BCUT2D eigenvalue weighted by atomic mass is 16.5. The quantitative estimate of drug-likeness (QED) is 0.850. The molecule has 1 fully saturated rings. The second kappa shape index (κ2) is 7.27. The van der Waals surface area contributed by atoms with Crippen LogP contribution in [0.2, 0.25) is 0 Å². The average Bonchev–Trinajstić information content (AvgIpc) is 2.67. The molecule has 126 valence electrons. The number of carbonyl (C=O) groups excluding carboxylic acids is 1. The normalized spacial score (nSPS) is 17.4. The molecule has 0 unspecified atom stereocenters. The fourth-order valence-electron chi connectivity index (χ4n) is 2.60. The molecule has 3 rings (SSSR count). The van der Waals surface area contributed by atoms with E-state index in [9.17, 15) is 4.79 Å². The maximum atomic E-state index is 12.8. The molecule has 0 spiro atoms. The lowest BCUT2D eigenvalue weighted by Gasteiger charge is -2.32. The van der Waals surface area contributed by atoms with Crippen molar-refractivity contribution in [1.82, 2.24) is 14.9 Å². The highest BCUT2D eigenvalue weighted by Crippen LogP contribution is 2.26. The Hall–Kier alpha value is -2.67. The third kappa shape index (κ3) is 3.46. The van der Waals surface area contributed by atoms with E-state index in [2.05, 4.69) is 9.97 Å². The summed E-state index contributed by atoms with van der Waals surface area (Å²) in [6, 6.07) is 5.15. The van der Waals surface area contributed by atoms with E-state index >= 15 is 0 Å². The van der Waals surface area contributed by atoms with Gasteiger partial charge in [0, 0.05) is 30.6 Å². The number of aromatic nitrogens is 2. The first-order valence-electron chi connectivity index (χ1n) is 7.61. The highest BCUT2D eigenvalue weighted by Gasteiger charge is 2.27. The van der Waals surface area contributed by atoms with Crippen molar-refractivity contribution in [2.75, 3.05) is 33.9 Å². The Morgan fingerprint density at radius 1 is 1.21 bits per heavy atom. The van der Waals surface area contributed by atoms with E-state index in [4.69, 9.17) is 14.2 Å². The number of benzene rings is 1. The lowest BCUT2D eigenvalue weighted by molar-refractivity contribution is -0.0249. The summed E-state index contributed by atoms with van der Waals surface area (Å²) >= 11 is 0. The molecule has 0 saturated carbocycles. The predicted molar refractivity (Wildman–Crippen MR) is 86.2 cm³/mol. The Morgan fingerprint density at radius 2 is 1.96 bits per heavy atom. The van der Waals surface area contributed by atoms with Crippen molar-refractivity contribution >= 4 is 5.91 Å². The molecule has 0 N–H and O–H groups in total. The van der Waals surface area contributed by atoms with Gasteiger partial charge in [-0.2, -0.15) is 0 Å². The standard InChI is InChI=1S/C17H19N3O4/c1-22-13-7-12(8-14(9-13)23-2)17(21)20-5-6-24-16(11-20)15-10-18-3-4-19-15/h3-4,7-10,16H,5-6,11H2,1-2H3/t16-/m0/s1. The third-order valence-corrected chi connectivity index (χ3v) is 3.87. The number of nitrogens with zero attached hydrogens (tertiary/aromatic N) is 3. The number of carbonyl (C=O) groups is 1. The summed E-state index contributed by atoms with van der Waals surface area (Å²) < 4.78 is 16.2. The van der Waals surface area contributed by atoms with Crippen LogP contribution in [0.3, 0.4) is 0 Å². The zero-order chi connectivity index (χ0) is 16.9. The molecule has 2 heterocycles. The van der Waals surface area contributed by atoms with E-state index in [0.717, 1.165) is 5.69 Å². The Morgan fingerprint density at radius 3 is 2.58 bits per heavy atom. The van der Waals surface area contributed by atoms with E-state index in [1.165, 1.54) is 0 Å². The molecule has 1 aromatic heterocycles. The van der Waals surface area contributed by atoms with Gasteiger partial charge in [-0.25, -0.2) is 0 Å². The summed E-state index contributed by atoms with van der Waals surface area (Å²) in [5.41, 5.74) is 1.24. The van der Waals surface area contributed by atoms with E-state index in [1.807, 2.05) is 0 Å². The highest BCUT2D eigenvalue weighted by molar-refractivity contribution is 5.95. The van der Waals surface area contributed by atoms with Gasteiger partial charge in [-0.1, -0.05) is 0 Å². The minimum Gasteiger partial charge on any atom is -0.497 e. The topological polar surface area (TPSA) is 73.8 Å². The zero-order valence-corrected chi connectivity index (χ0v) is 13.6. The molecule has 7 heteroatoms. The number of morpholine rings is 1. The Bertz CT molecular complexity index is 686. The van der Waals surface area contributed by atoms with Crippen molar-refractivity contribution < 1.29 is 19.0 Å². The van der Waals surface area contributed by atoms with Crippen molar-refractivity contribution in [2.45, 2.75) is 6.10 Å². The molecule has 2 aromatic rings. The molecule has 1 saturated heterocycles. The Balaban J connectivity index is 1.79. The zero-order valence-electron chi connectivity index (χ0n) is 13.6. The van der Waals surface area contributed by atoms with Gasteiger partial charge in [-0.05, 0) is 12.1 Å². The second-order valence-electron chi connectivity index (χ2n) is 5.34. The number of hydrogen-bond acceptors (Lipinski definition) is 6. The molecule has 7 nitrogen and oxygen atoms in total. The van der Waals surface area contributed by atoms with Gasteiger partial charge in [-0.3, -0.25) is 14.8 Å². The van der Waals surface area contributed by atoms with E-state index < -0.39 is 0 Å². The molecular weight excluding hydrogens is 310 g/mol. The molecule has 1 amide bonds. The third-order valence-electron chi connectivity index (χ3n) is 3.87. The fraction of sp³-hybridized carbons (Fsp3) is 0.353. The van der Waals surface area contributed by atoms with Crippen LogP contribution in [0.1, 0.15) is 22.2 Å². The summed E-state index contributed by atoms with van der Waals surface area (Å²) in [5.74, 6) is 1.07. The van der Waals surface area contributed by atoms with Crippen LogP contribution >= 0.6 is 0 Å². The molecule has 0 bridgehead atoms. The van der Waals surface area contributed by atoms with Gasteiger partial charge >= 0.3 is 0 Å². The van der Waals surface area contributed by atoms with E-state index in [-0.39, 0.29) is 12.0 Å². The van der Waals surface area contributed by atoms with Gasteiger partial charge in [0.2, 0.25) is 0 Å². The molecule has 1 aliphatic heterocycles. The van der Waals surface area contributed by atoms with Crippen LogP contribution < -0.4 is 9.47 Å². The summed E-state index contributed by atoms with van der Waals surface area (Å²) in [6.07, 6.45) is 4.61. The van der Waals surface area contributed by atoms with Crippen molar-refractivity contribution in [1.29, 1.82) is 0 Å². The van der Waals surface area contributed by atoms with Crippen LogP contribution in [-0.4, -0.2) is 54.7 Å². The molecule has 1 atom stereocenters. The number of methoxy groups -OCH3 is 2. The Kier molecular flexibility index (Phi) is 4.90. The SMILES string of the molecule is COc1cc(OC)cc(C(=O)N2CCO[C@H](c3cnccn3)C2)c1. The number of amides is 1. The predicted octanol–water partition coefficient (Wildman–Crippen LogP) is 1.71. The average molecular weight is 329 g/mol. The van der Waals surface area contributed by atoms with Gasteiger partial charge in [0.1, 0.15) is 17.6 Å². The van der Waals surface area contributed by atoms with Gasteiger partial charge in [0.25, 0.3) is 5.91 Å². The second-order valence-corrected chi connectivity index (χ2v) is 5.34. The van der Waals surface area contributed by atoms with Crippen LogP contribution in [0, 0.1) is 0 Å². The number of ether oxygens (including phenoxy) is 3. The van der Waals surface area contributed by atoms with Gasteiger partial charge in [-0.15, -0.1) is 0 Å². The summed E-state index contributed by atoms with van der Waals surface area (Å²) in [4.78, 5) is 22.9. The van der Waals surface area contributed by atoms with Gasteiger partial charge < -0.3 is 19.1 Å². The van der Waals surface area contributed by atoms with Gasteiger partial charge in [0.15, 0.2) is 0 Å². The monoisotopic (exact) mass is 329 g/mol. The molecule has 1 aromatic carbocycles. The first-order chi connectivity index (χ1) is 11.7. The first kappa shape index (κ1) is 16.2. The van der Waals surface area contributed by atoms with Crippen LogP contribution in [0.5, 0.6) is 11.5 Å². The van der Waals surface area contributed by atoms with Crippen LogP contribution in [0.4, 0.5) is 0 Å². The number of hydrogen-bond donors (Lipinski definition) is 0. The lowest BCUT2D eigenvalue weighted by atomic mass is 10.1. The fourth-order valence-corrected chi connectivity index (χ4v) is 2.60. The van der Waals surface area contributed by atoms with Crippen LogP contribution in [-0.2, 0) is 4.74 Å². The largest absolute Gasteiger partial charge is 0.497 e. The molecule has 1 aliphatic rings. The minimum absolute atomic E-state index is 0.0932. The maximum absolute atomic E-state index is 12.8. The Labute approximate surface area is 140 Å². The van der Waals surface area contributed by atoms with Crippen LogP contribution in [0.25, 0.3) is 0 Å². The van der Waals surface area contributed by atoms with Crippen molar-refractivity contribution in [3.63, 3.8) is 0 Å². The molecular formula is C17H19N3O4.